The SMILES string of the molecule is FC(F)(F)c1cccc(N2CC3OCCN(Cc4ccccc4)C3C2)n1. The average molecular weight is 363 g/mol. The van der Waals surface area contributed by atoms with Gasteiger partial charge in [-0.05, 0) is 17.7 Å². The molecule has 2 fully saturated rings. The first-order valence-corrected chi connectivity index (χ1v) is 8.69. The second kappa shape index (κ2) is 6.89. The smallest absolute Gasteiger partial charge is 0.373 e. The number of pyridine rings is 1. The van der Waals surface area contributed by atoms with E-state index in [1.54, 1.807) is 6.07 Å². The summed E-state index contributed by atoms with van der Waals surface area (Å²) in [5.74, 6) is 0.359. The summed E-state index contributed by atoms with van der Waals surface area (Å²) in [4.78, 5) is 8.07. The van der Waals surface area contributed by atoms with Gasteiger partial charge in [0.2, 0.25) is 0 Å². The lowest BCUT2D eigenvalue weighted by atomic mass is 10.1. The molecule has 4 nitrogen and oxygen atoms in total. The van der Waals surface area contributed by atoms with Gasteiger partial charge < -0.3 is 9.64 Å². The molecule has 0 bridgehead atoms. The van der Waals surface area contributed by atoms with E-state index in [1.807, 2.05) is 23.1 Å². The standard InChI is InChI=1S/C19H20F3N3O/c20-19(21,22)17-7-4-8-18(23-17)25-12-15-16(13-25)26-10-9-24(15)11-14-5-2-1-3-6-14/h1-8,15-16H,9-13H2. The number of aromatic nitrogens is 1. The second-order valence-corrected chi connectivity index (χ2v) is 6.72. The molecule has 0 aliphatic carbocycles. The highest BCUT2D eigenvalue weighted by molar-refractivity contribution is 5.42. The number of hydrogen-bond acceptors (Lipinski definition) is 4. The molecule has 3 heterocycles. The summed E-state index contributed by atoms with van der Waals surface area (Å²) in [6, 6.07) is 14.4. The molecule has 2 aliphatic heterocycles. The highest BCUT2D eigenvalue weighted by atomic mass is 19.4. The number of hydrogen-bond donors (Lipinski definition) is 0. The van der Waals surface area contributed by atoms with Crippen LogP contribution in [0.3, 0.4) is 0 Å². The Hall–Kier alpha value is -2.12. The number of alkyl halides is 3. The minimum Gasteiger partial charge on any atom is -0.373 e. The molecule has 26 heavy (non-hydrogen) atoms. The van der Waals surface area contributed by atoms with Crippen LogP contribution in [0.25, 0.3) is 0 Å². The van der Waals surface area contributed by atoms with E-state index in [0.717, 1.165) is 19.2 Å². The van der Waals surface area contributed by atoms with Crippen LogP contribution in [0, 0.1) is 0 Å². The van der Waals surface area contributed by atoms with Crippen LogP contribution in [0.15, 0.2) is 48.5 Å². The van der Waals surface area contributed by atoms with Crippen molar-refractivity contribution in [3.8, 4) is 0 Å². The number of rotatable bonds is 3. The topological polar surface area (TPSA) is 28.6 Å². The zero-order valence-electron chi connectivity index (χ0n) is 14.2. The Morgan fingerprint density at radius 3 is 2.62 bits per heavy atom. The van der Waals surface area contributed by atoms with Crippen molar-refractivity contribution in [2.45, 2.75) is 24.9 Å². The van der Waals surface area contributed by atoms with Gasteiger partial charge in [0.25, 0.3) is 0 Å². The van der Waals surface area contributed by atoms with Gasteiger partial charge in [0, 0.05) is 26.2 Å². The predicted molar refractivity (Wildman–Crippen MR) is 91.8 cm³/mol. The van der Waals surface area contributed by atoms with E-state index in [4.69, 9.17) is 4.74 Å². The summed E-state index contributed by atoms with van der Waals surface area (Å²) in [7, 11) is 0. The Labute approximate surface area is 150 Å². The van der Waals surface area contributed by atoms with E-state index in [9.17, 15) is 13.2 Å². The summed E-state index contributed by atoms with van der Waals surface area (Å²) in [5.41, 5.74) is 0.371. The first-order chi connectivity index (χ1) is 12.5. The van der Waals surface area contributed by atoms with Crippen LogP contribution < -0.4 is 4.90 Å². The van der Waals surface area contributed by atoms with Crippen molar-refractivity contribution in [2.24, 2.45) is 0 Å². The van der Waals surface area contributed by atoms with Crippen molar-refractivity contribution < 1.29 is 17.9 Å². The Morgan fingerprint density at radius 2 is 1.85 bits per heavy atom. The monoisotopic (exact) mass is 363 g/mol. The lowest BCUT2D eigenvalue weighted by Gasteiger charge is -2.36. The minimum absolute atomic E-state index is 0.0104. The fourth-order valence-corrected chi connectivity index (χ4v) is 3.72. The number of anilines is 1. The quantitative estimate of drug-likeness (QED) is 0.838. The molecule has 0 radical (unpaired) electrons. The molecule has 2 atom stereocenters. The molecule has 4 rings (SSSR count). The molecule has 0 N–H and O–H groups in total. The number of nitrogens with zero attached hydrogens (tertiary/aromatic N) is 3. The van der Waals surface area contributed by atoms with Crippen molar-refractivity contribution in [3.63, 3.8) is 0 Å². The maximum atomic E-state index is 12.9. The van der Waals surface area contributed by atoms with Crippen LogP contribution in [-0.4, -0.2) is 48.3 Å². The van der Waals surface area contributed by atoms with Crippen molar-refractivity contribution in [3.05, 3.63) is 59.8 Å². The molecular formula is C19H20F3N3O. The molecule has 1 aromatic carbocycles. The fraction of sp³-hybridized carbons (Fsp3) is 0.421. The van der Waals surface area contributed by atoms with E-state index in [2.05, 4.69) is 22.0 Å². The van der Waals surface area contributed by atoms with E-state index in [1.165, 1.54) is 11.6 Å². The molecule has 2 saturated heterocycles. The summed E-state index contributed by atoms with van der Waals surface area (Å²) in [6.07, 6.45) is -4.44. The third-order valence-electron chi connectivity index (χ3n) is 4.99. The van der Waals surface area contributed by atoms with Crippen molar-refractivity contribution >= 4 is 5.82 Å². The third kappa shape index (κ3) is 3.54. The van der Waals surface area contributed by atoms with Crippen LogP contribution in [-0.2, 0) is 17.5 Å². The fourth-order valence-electron chi connectivity index (χ4n) is 3.72. The Kier molecular flexibility index (Phi) is 4.58. The van der Waals surface area contributed by atoms with Crippen LogP contribution in [0.4, 0.5) is 19.0 Å². The number of morpholine rings is 1. The molecule has 7 heteroatoms. The number of benzene rings is 1. The molecule has 0 saturated carbocycles. The zero-order valence-corrected chi connectivity index (χ0v) is 14.2. The van der Waals surface area contributed by atoms with Crippen LogP contribution in [0.1, 0.15) is 11.3 Å². The van der Waals surface area contributed by atoms with E-state index < -0.39 is 11.9 Å². The van der Waals surface area contributed by atoms with E-state index in [-0.39, 0.29) is 12.1 Å². The lowest BCUT2D eigenvalue weighted by Crippen LogP contribution is -2.50. The van der Waals surface area contributed by atoms with Gasteiger partial charge >= 0.3 is 6.18 Å². The highest BCUT2D eigenvalue weighted by Gasteiger charge is 2.41. The second-order valence-electron chi connectivity index (χ2n) is 6.72. The summed E-state index contributed by atoms with van der Waals surface area (Å²) in [6.45, 7) is 3.45. The number of halogens is 3. The van der Waals surface area contributed by atoms with Crippen LogP contribution >= 0.6 is 0 Å². The van der Waals surface area contributed by atoms with E-state index in [0.29, 0.717) is 25.5 Å². The molecule has 138 valence electrons. The first-order valence-electron chi connectivity index (χ1n) is 8.69. The minimum atomic E-state index is -4.43. The summed E-state index contributed by atoms with van der Waals surface area (Å²) in [5, 5.41) is 0. The highest BCUT2D eigenvalue weighted by Crippen LogP contribution is 2.31. The van der Waals surface area contributed by atoms with Gasteiger partial charge in [-0.1, -0.05) is 36.4 Å². The van der Waals surface area contributed by atoms with Crippen LogP contribution in [0.5, 0.6) is 0 Å². The lowest BCUT2D eigenvalue weighted by molar-refractivity contribution is -0.141. The maximum absolute atomic E-state index is 12.9. The Bertz CT molecular complexity index is 753. The molecular weight excluding hydrogens is 343 g/mol. The van der Waals surface area contributed by atoms with Crippen molar-refractivity contribution in [2.75, 3.05) is 31.1 Å². The van der Waals surface area contributed by atoms with Gasteiger partial charge in [-0.2, -0.15) is 13.2 Å². The van der Waals surface area contributed by atoms with Crippen molar-refractivity contribution in [1.82, 2.24) is 9.88 Å². The zero-order chi connectivity index (χ0) is 18.1. The Morgan fingerprint density at radius 1 is 1.04 bits per heavy atom. The normalized spacial score (nSPS) is 23.9. The predicted octanol–water partition coefficient (Wildman–Crippen LogP) is 3.19. The van der Waals surface area contributed by atoms with Gasteiger partial charge in [0.1, 0.15) is 11.5 Å². The number of ether oxygens (including phenoxy) is 1. The van der Waals surface area contributed by atoms with Crippen LogP contribution in [0.2, 0.25) is 0 Å². The van der Waals surface area contributed by atoms with Gasteiger partial charge in [0.05, 0.1) is 18.8 Å². The first kappa shape index (κ1) is 17.3. The van der Waals surface area contributed by atoms with Gasteiger partial charge in [0.15, 0.2) is 0 Å². The van der Waals surface area contributed by atoms with Crippen molar-refractivity contribution in [1.29, 1.82) is 0 Å². The molecule has 0 spiro atoms. The van der Waals surface area contributed by atoms with Gasteiger partial charge in [-0.25, -0.2) is 4.98 Å². The largest absolute Gasteiger partial charge is 0.433 e. The summed E-state index contributed by atoms with van der Waals surface area (Å²) >= 11 is 0. The van der Waals surface area contributed by atoms with E-state index >= 15 is 0 Å². The van der Waals surface area contributed by atoms with Gasteiger partial charge in [-0.15, -0.1) is 0 Å². The van der Waals surface area contributed by atoms with Gasteiger partial charge in [-0.3, -0.25) is 4.90 Å². The molecule has 1 aromatic heterocycles. The third-order valence-corrected chi connectivity index (χ3v) is 4.99. The molecule has 0 amide bonds. The summed E-state index contributed by atoms with van der Waals surface area (Å²) < 4.78 is 44.7. The Balaban J connectivity index is 1.51. The average Bonchev–Trinajstić information content (AvgIpc) is 3.07. The maximum Gasteiger partial charge on any atom is 0.433 e. The molecule has 2 aliphatic rings. The number of fused-ring (bicyclic) bond motifs is 1. The molecule has 2 unspecified atom stereocenters. The molecule has 2 aromatic rings.